The van der Waals surface area contributed by atoms with Gasteiger partial charge in [-0.25, -0.2) is 0 Å². The summed E-state index contributed by atoms with van der Waals surface area (Å²) in [5.41, 5.74) is 2.05. The minimum Gasteiger partial charge on any atom is -0.378 e. The molecule has 0 aliphatic carbocycles. The van der Waals surface area contributed by atoms with E-state index in [0.717, 1.165) is 28.9 Å². The first-order valence-electron chi connectivity index (χ1n) is 6.47. The highest BCUT2D eigenvalue weighted by atomic mass is 35.5. The van der Waals surface area contributed by atoms with E-state index in [1.165, 1.54) is 12.1 Å². The molecule has 2 aromatic carbocycles. The molecule has 1 N–H and O–H groups in total. The van der Waals surface area contributed by atoms with Crippen LogP contribution in [-0.4, -0.2) is 0 Å². The van der Waals surface area contributed by atoms with Crippen LogP contribution in [0.25, 0.3) is 0 Å². The van der Waals surface area contributed by atoms with Gasteiger partial charge in [-0.1, -0.05) is 23.7 Å². The maximum atomic E-state index is 12.5. The predicted molar refractivity (Wildman–Crippen MR) is 79.7 cm³/mol. The number of benzene rings is 2. The highest BCUT2D eigenvalue weighted by molar-refractivity contribution is 6.30. The largest absolute Gasteiger partial charge is 0.416 e. The molecule has 0 heterocycles. The molecular formula is C16H15ClF3N. The number of hydrogen-bond donors (Lipinski definition) is 1. The van der Waals surface area contributed by atoms with Crippen molar-refractivity contribution in [3.8, 4) is 0 Å². The number of alkyl halides is 3. The Morgan fingerprint density at radius 1 is 1.05 bits per heavy atom. The van der Waals surface area contributed by atoms with Gasteiger partial charge in [0.15, 0.2) is 0 Å². The second kappa shape index (κ2) is 5.98. The van der Waals surface area contributed by atoms with Crippen molar-refractivity contribution in [1.29, 1.82) is 0 Å². The van der Waals surface area contributed by atoms with Crippen molar-refractivity contribution in [2.75, 3.05) is 5.32 Å². The summed E-state index contributed by atoms with van der Waals surface area (Å²) in [4.78, 5) is 0. The molecule has 5 heteroatoms. The molecule has 0 aromatic heterocycles. The summed E-state index contributed by atoms with van der Waals surface area (Å²) in [5, 5.41) is 3.92. The van der Waals surface area contributed by atoms with Gasteiger partial charge >= 0.3 is 6.18 Å². The lowest BCUT2D eigenvalue weighted by Gasteiger charge is -2.18. The Bertz CT molecular complexity index is 620. The number of rotatable bonds is 3. The normalized spacial score (nSPS) is 13.0. The molecule has 0 fully saturated rings. The van der Waals surface area contributed by atoms with Crippen LogP contribution in [0.4, 0.5) is 18.9 Å². The van der Waals surface area contributed by atoms with Crippen LogP contribution in [0.1, 0.15) is 29.7 Å². The SMILES string of the molecule is Cc1cc(Cl)ccc1NC(C)c1ccc(C(F)(F)F)cc1. The minimum atomic E-state index is -4.30. The van der Waals surface area contributed by atoms with Gasteiger partial charge in [0.1, 0.15) is 0 Å². The van der Waals surface area contributed by atoms with Crippen LogP contribution in [0.15, 0.2) is 42.5 Å². The van der Waals surface area contributed by atoms with Crippen molar-refractivity contribution >= 4 is 17.3 Å². The van der Waals surface area contributed by atoms with Gasteiger partial charge in [0.25, 0.3) is 0 Å². The van der Waals surface area contributed by atoms with E-state index in [1.807, 2.05) is 26.0 Å². The lowest BCUT2D eigenvalue weighted by molar-refractivity contribution is -0.137. The van der Waals surface area contributed by atoms with Crippen molar-refractivity contribution in [2.45, 2.75) is 26.1 Å². The van der Waals surface area contributed by atoms with E-state index in [1.54, 1.807) is 6.07 Å². The molecule has 0 aliphatic heterocycles. The number of halogens is 4. The molecule has 0 amide bonds. The van der Waals surface area contributed by atoms with Crippen molar-refractivity contribution < 1.29 is 13.2 Å². The second-order valence-electron chi connectivity index (χ2n) is 4.95. The highest BCUT2D eigenvalue weighted by Crippen LogP contribution is 2.30. The first-order valence-corrected chi connectivity index (χ1v) is 6.85. The number of hydrogen-bond acceptors (Lipinski definition) is 1. The Morgan fingerprint density at radius 3 is 2.19 bits per heavy atom. The van der Waals surface area contributed by atoms with Gasteiger partial charge in [-0.05, 0) is 55.3 Å². The molecule has 2 rings (SSSR count). The van der Waals surface area contributed by atoms with Gasteiger partial charge in [-0.3, -0.25) is 0 Å². The van der Waals surface area contributed by atoms with E-state index >= 15 is 0 Å². The lowest BCUT2D eigenvalue weighted by atomic mass is 10.0. The van der Waals surface area contributed by atoms with Crippen LogP contribution in [0.3, 0.4) is 0 Å². The zero-order valence-corrected chi connectivity index (χ0v) is 12.4. The first kappa shape index (κ1) is 15.7. The van der Waals surface area contributed by atoms with Crippen LogP contribution in [0.2, 0.25) is 5.02 Å². The third kappa shape index (κ3) is 3.91. The Labute approximate surface area is 126 Å². The van der Waals surface area contributed by atoms with Crippen molar-refractivity contribution in [2.24, 2.45) is 0 Å². The maximum Gasteiger partial charge on any atom is 0.416 e. The molecule has 0 aliphatic rings. The van der Waals surface area contributed by atoms with Gasteiger partial charge in [0.2, 0.25) is 0 Å². The van der Waals surface area contributed by atoms with Crippen LogP contribution in [0.5, 0.6) is 0 Å². The number of anilines is 1. The van der Waals surface area contributed by atoms with Crippen molar-refractivity contribution in [3.05, 3.63) is 64.2 Å². The molecule has 0 spiro atoms. The van der Waals surface area contributed by atoms with E-state index < -0.39 is 11.7 Å². The quantitative estimate of drug-likeness (QED) is 0.750. The van der Waals surface area contributed by atoms with Gasteiger partial charge in [0, 0.05) is 16.8 Å². The third-order valence-corrected chi connectivity index (χ3v) is 3.53. The first-order chi connectivity index (χ1) is 9.77. The summed E-state index contributed by atoms with van der Waals surface area (Å²) in [7, 11) is 0. The fourth-order valence-electron chi connectivity index (χ4n) is 2.07. The average molecular weight is 314 g/mol. The van der Waals surface area contributed by atoms with Gasteiger partial charge in [0.05, 0.1) is 5.56 Å². The standard InChI is InChI=1S/C16H15ClF3N/c1-10-9-14(17)7-8-15(10)21-11(2)12-3-5-13(6-4-12)16(18,19)20/h3-9,11,21H,1-2H3. The summed E-state index contributed by atoms with van der Waals surface area (Å²) in [5.74, 6) is 0. The Hall–Kier alpha value is -1.68. The zero-order valence-electron chi connectivity index (χ0n) is 11.6. The average Bonchev–Trinajstić information content (AvgIpc) is 2.41. The summed E-state index contributed by atoms with van der Waals surface area (Å²) in [6.07, 6.45) is -4.30. The Kier molecular flexibility index (Phi) is 4.47. The Morgan fingerprint density at radius 2 is 1.67 bits per heavy atom. The summed E-state index contributed by atoms with van der Waals surface area (Å²) in [6.45, 7) is 3.82. The summed E-state index contributed by atoms with van der Waals surface area (Å²) >= 11 is 5.90. The molecule has 1 atom stereocenters. The molecule has 21 heavy (non-hydrogen) atoms. The molecule has 0 saturated heterocycles. The summed E-state index contributed by atoms with van der Waals surface area (Å²) in [6, 6.07) is 10.5. The maximum absolute atomic E-state index is 12.5. The van der Waals surface area contributed by atoms with E-state index in [2.05, 4.69) is 5.32 Å². The van der Waals surface area contributed by atoms with Crippen LogP contribution >= 0.6 is 11.6 Å². The number of nitrogens with one attached hydrogen (secondary N) is 1. The van der Waals surface area contributed by atoms with E-state index in [0.29, 0.717) is 5.02 Å². The molecule has 0 bridgehead atoms. The highest BCUT2D eigenvalue weighted by Gasteiger charge is 2.30. The summed E-state index contributed by atoms with van der Waals surface area (Å²) < 4.78 is 37.6. The van der Waals surface area contributed by atoms with E-state index in [-0.39, 0.29) is 6.04 Å². The lowest BCUT2D eigenvalue weighted by Crippen LogP contribution is -2.09. The third-order valence-electron chi connectivity index (χ3n) is 3.30. The zero-order chi connectivity index (χ0) is 15.6. The molecule has 0 radical (unpaired) electrons. The monoisotopic (exact) mass is 313 g/mol. The van der Waals surface area contributed by atoms with Gasteiger partial charge in [-0.15, -0.1) is 0 Å². The van der Waals surface area contributed by atoms with Crippen LogP contribution < -0.4 is 5.32 Å². The fraction of sp³-hybridized carbons (Fsp3) is 0.250. The molecule has 0 saturated carbocycles. The van der Waals surface area contributed by atoms with Crippen molar-refractivity contribution in [1.82, 2.24) is 0 Å². The van der Waals surface area contributed by atoms with E-state index in [4.69, 9.17) is 11.6 Å². The Balaban J connectivity index is 2.15. The molecule has 1 unspecified atom stereocenters. The topological polar surface area (TPSA) is 12.0 Å². The molecule has 1 nitrogen and oxygen atoms in total. The predicted octanol–water partition coefficient (Wildman–Crippen LogP) is 5.84. The molecule has 2 aromatic rings. The smallest absolute Gasteiger partial charge is 0.378 e. The molecule has 112 valence electrons. The van der Waals surface area contributed by atoms with E-state index in [9.17, 15) is 13.2 Å². The molecular weight excluding hydrogens is 299 g/mol. The fourth-order valence-corrected chi connectivity index (χ4v) is 2.29. The van der Waals surface area contributed by atoms with Crippen LogP contribution in [0, 0.1) is 6.92 Å². The van der Waals surface area contributed by atoms with Gasteiger partial charge in [-0.2, -0.15) is 13.2 Å². The van der Waals surface area contributed by atoms with Crippen molar-refractivity contribution in [3.63, 3.8) is 0 Å². The second-order valence-corrected chi connectivity index (χ2v) is 5.38. The van der Waals surface area contributed by atoms with Crippen LogP contribution in [-0.2, 0) is 6.18 Å². The van der Waals surface area contributed by atoms with Gasteiger partial charge < -0.3 is 5.32 Å². The minimum absolute atomic E-state index is 0.104. The number of aryl methyl sites for hydroxylation is 1.